The number of rotatable bonds is 3. The van der Waals surface area contributed by atoms with Crippen LogP contribution >= 0.6 is 0 Å². The molecule has 3 atom stereocenters. The Balaban J connectivity index is 1.35. The van der Waals surface area contributed by atoms with Gasteiger partial charge in [-0.2, -0.15) is 0 Å². The van der Waals surface area contributed by atoms with Gasteiger partial charge < -0.3 is 20.6 Å². The molecule has 0 bridgehead atoms. The second-order valence-electron chi connectivity index (χ2n) is 8.24. The lowest BCUT2D eigenvalue weighted by Gasteiger charge is -2.47. The average molecular weight is 385 g/mol. The summed E-state index contributed by atoms with van der Waals surface area (Å²) in [6, 6.07) is 6.13. The van der Waals surface area contributed by atoms with Gasteiger partial charge in [0, 0.05) is 25.4 Å². The second-order valence-corrected chi connectivity index (χ2v) is 8.24. The van der Waals surface area contributed by atoms with Crippen molar-refractivity contribution in [2.45, 2.75) is 56.6 Å². The quantitative estimate of drug-likeness (QED) is 0.737. The number of nitrogens with zero attached hydrogens (tertiary/aromatic N) is 1. The number of anilines is 1. The molecule has 150 valence electrons. The van der Waals surface area contributed by atoms with Crippen molar-refractivity contribution in [2.24, 2.45) is 5.92 Å². The van der Waals surface area contributed by atoms with Crippen LogP contribution in [0.3, 0.4) is 0 Å². The first-order chi connectivity index (χ1) is 13.5. The molecule has 7 heteroatoms. The molecule has 3 amide bonds. The zero-order valence-electron chi connectivity index (χ0n) is 15.9. The molecule has 0 spiro atoms. The number of carbonyl (C=O) groups is 3. The molecule has 2 heterocycles. The molecule has 0 radical (unpaired) electrons. The summed E-state index contributed by atoms with van der Waals surface area (Å²) >= 11 is 0. The smallest absolute Gasteiger partial charge is 0.254 e. The fourth-order valence-electron chi connectivity index (χ4n) is 4.74. The number of piperidine rings is 1. The van der Waals surface area contributed by atoms with Crippen LogP contribution in [-0.4, -0.2) is 52.5 Å². The third kappa shape index (κ3) is 3.63. The van der Waals surface area contributed by atoms with Crippen LogP contribution in [0.25, 0.3) is 0 Å². The number of amides is 3. The van der Waals surface area contributed by atoms with Crippen molar-refractivity contribution < 1.29 is 19.5 Å². The van der Waals surface area contributed by atoms with Crippen LogP contribution in [0.1, 0.15) is 55.3 Å². The van der Waals surface area contributed by atoms with E-state index in [1.54, 1.807) is 24.3 Å². The molecule has 3 aliphatic rings. The number of nitrogens with one attached hydrogen (secondary N) is 2. The van der Waals surface area contributed by atoms with Crippen molar-refractivity contribution in [1.29, 1.82) is 0 Å². The summed E-state index contributed by atoms with van der Waals surface area (Å²) in [5.74, 6) is -0.478. The SMILES string of the molecule is O=C1N[C@@H](CCC(=O)N2CC[C@@]3(O)CCCC[C@@H]3C2)C(=O)Nc2ccccc21. The Hall–Kier alpha value is -2.41. The summed E-state index contributed by atoms with van der Waals surface area (Å²) in [6.07, 6.45) is 5.02. The molecule has 1 saturated heterocycles. The molecule has 2 aliphatic heterocycles. The standard InChI is InChI=1S/C21H27N3O4/c25-18(24-12-11-21(28)10-4-3-5-14(21)13-24)9-8-17-20(27)22-16-7-2-1-6-15(16)19(26)23-17/h1-2,6-7,14,17,28H,3-5,8-13H2,(H,22,27)(H,23,26)/t14-,17+,21+/m1/s1. The summed E-state index contributed by atoms with van der Waals surface area (Å²) in [7, 11) is 0. The number of carbonyl (C=O) groups excluding carboxylic acids is 3. The zero-order valence-corrected chi connectivity index (χ0v) is 15.9. The number of aliphatic hydroxyl groups is 1. The van der Waals surface area contributed by atoms with E-state index >= 15 is 0 Å². The molecule has 7 nitrogen and oxygen atoms in total. The van der Waals surface area contributed by atoms with Crippen molar-refractivity contribution in [3.8, 4) is 0 Å². The highest BCUT2D eigenvalue weighted by Crippen LogP contribution is 2.39. The first-order valence-electron chi connectivity index (χ1n) is 10.2. The van der Waals surface area contributed by atoms with Crippen molar-refractivity contribution in [3.63, 3.8) is 0 Å². The summed E-state index contributed by atoms with van der Waals surface area (Å²) in [4.78, 5) is 39.4. The van der Waals surface area contributed by atoms with E-state index < -0.39 is 11.6 Å². The summed E-state index contributed by atoms with van der Waals surface area (Å²) in [6.45, 7) is 1.14. The largest absolute Gasteiger partial charge is 0.389 e. The van der Waals surface area contributed by atoms with E-state index in [9.17, 15) is 19.5 Å². The normalized spacial score (nSPS) is 29.8. The predicted molar refractivity (Wildman–Crippen MR) is 104 cm³/mol. The third-order valence-corrected chi connectivity index (χ3v) is 6.48. The van der Waals surface area contributed by atoms with Gasteiger partial charge in [0.1, 0.15) is 6.04 Å². The number of hydrogen-bond acceptors (Lipinski definition) is 4. The second kappa shape index (κ2) is 7.54. The van der Waals surface area contributed by atoms with Crippen LogP contribution in [0.5, 0.6) is 0 Å². The predicted octanol–water partition coefficient (Wildman–Crippen LogP) is 1.67. The minimum atomic E-state index is -0.736. The number of hydrogen-bond donors (Lipinski definition) is 3. The van der Waals surface area contributed by atoms with E-state index in [0.717, 1.165) is 25.7 Å². The fourth-order valence-corrected chi connectivity index (χ4v) is 4.74. The Kier molecular flexibility index (Phi) is 5.10. The highest BCUT2D eigenvalue weighted by Gasteiger charge is 2.43. The monoisotopic (exact) mass is 385 g/mol. The first kappa shape index (κ1) is 18.9. The van der Waals surface area contributed by atoms with Gasteiger partial charge in [0.05, 0.1) is 16.9 Å². The van der Waals surface area contributed by atoms with Gasteiger partial charge in [0.15, 0.2) is 0 Å². The average Bonchev–Trinajstić information content (AvgIpc) is 2.81. The molecular formula is C21H27N3O4. The Bertz CT molecular complexity index is 796. The molecule has 0 unspecified atom stereocenters. The number of benzene rings is 1. The molecule has 28 heavy (non-hydrogen) atoms. The lowest BCUT2D eigenvalue weighted by molar-refractivity contribution is -0.143. The highest BCUT2D eigenvalue weighted by molar-refractivity contribution is 6.09. The third-order valence-electron chi connectivity index (χ3n) is 6.48. The van der Waals surface area contributed by atoms with Crippen molar-refractivity contribution in [2.75, 3.05) is 18.4 Å². The molecule has 2 fully saturated rings. The van der Waals surface area contributed by atoms with Gasteiger partial charge in [0.2, 0.25) is 11.8 Å². The lowest BCUT2D eigenvalue weighted by atomic mass is 9.71. The molecule has 4 rings (SSSR count). The van der Waals surface area contributed by atoms with Crippen LogP contribution in [0.15, 0.2) is 24.3 Å². The molecule has 1 aliphatic carbocycles. The molecule has 1 saturated carbocycles. The van der Waals surface area contributed by atoms with Crippen molar-refractivity contribution in [3.05, 3.63) is 29.8 Å². The fraction of sp³-hybridized carbons (Fsp3) is 0.571. The van der Waals surface area contributed by atoms with Gasteiger partial charge in [0.25, 0.3) is 5.91 Å². The van der Waals surface area contributed by atoms with Gasteiger partial charge in [-0.15, -0.1) is 0 Å². The summed E-state index contributed by atoms with van der Waals surface area (Å²) < 4.78 is 0. The number of likely N-dealkylation sites (tertiary alicyclic amines) is 1. The van der Waals surface area contributed by atoms with E-state index in [1.807, 2.05) is 4.90 Å². The molecular weight excluding hydrogens is 358 g/mol. The molecule has 1 aromatic rings. The van der Waals surface area contributed by atoms with Crippen LogP contribution in [0.4, 0.5) is 5.69 Å². The van der Waals surface area contributed by atoms with Gasteiger partial charge in [-0.05, 0) is 37.8 Å². The topological polar surface area (TPSA) is 98.7 Å². The van der Waals surface area contributed by atoms with Crippen LogP contribution in [0, 0.1) is 5.92 Å². The first-order valence-corrected chi connectivity index (χ1v) is 10.2. The van der Waals surface area contributed by atoms with Gasteiger partial charge >= 0.3 is 0 Å². The highest BCUT2D eigenvalue weighted by atomic mass is 16.3. The van der Waals surface area contributed by atoms with Gasteiger partial charge in [-0.1, -0.05) is 25.0 Å². The van der Waals surface area contributed by atoms with Gasteiger partial charge in [-0.3, -0.25) is 14.4 Å². The molecule has 0 aromatic heterocycles. The summed E-state index contributed by atoms with van der Waals surface area (Å²) in [5, 5.41) is 16.3. The summed E-state index contributed by atoms with van der Waals surface area (Å²) in [5.41, 5.74) is 0.305. The molecule has 3 N–H and O–H groups in total. The van der Waals surface area contributed by atoms with Crippen LogP contribution in [0.2, 0.25) is 0 Å². The Labute approximate surface area is 164 Å². The van der Waals surface area contributed by atoms with Gasteiger partial charge in [-0.25, -0.2) is 0 Å². The Morgan fingerprint density at radius 1 is 1.21 bits per heavy atom. The Morgan fingerprint density at radius 2 is 2.04 bits per heavy atom. The van der Waals surface area contributed by atoms with Crippen LogP contribution in [-0.2, 0) is 9.59 Å². The van der Waals surface area contributed by atoms with E-state index in [2.05, 4.69) is 10.6 Å². The van der Waals surface area contributed by atoms with Crippen molar-refractivity contribution >= 4 is 23.4 Å². The lowest BCUT2D eigenvalue weighted by Crippen LogP contribution is -2.54. The molecule has 1 aromatic carbocycles. The van der Waals surface area contributed by atoms with E-state index in [-0.39, 0.29) is 36.5 Å². The zero-order chi connectivity index (χ0) is 19.7. The number of para-hydroxylation sites is 1. The maximum absolute atomic E-state index is 12.7. The van der Waals surface area contributed by atoms with Crippen molar-refractivity contribution in [1.82, 2.24) is 10.2 Å². The van der Waals surface area contributed by atoms with E-state index in [0.29, 0.717) is 30.8 Å². The van der Waals surface area contributed by atoms with Crippen LogP contribution < -0.4 is 10.6 Å². The number of fused-ring (bicyclic) bond motifs is 2. The van der Waals surface area contributed by atoms with E-state index in [4.69, 9.17) is 0 Å². The Morgan fingerprint density at radius 3 is 2.89 bits per heavy atom. The maximum Gasteiger partial charge on any atom is 0.254 e. The minimum absolute atomic E-state index is 0.0172. The maximum atomic E-state index is 12.7. The minimum Gasteiger partial charge on any atom is -0.389 e. The van der Waals surface area contributed by atoms with E-state index in [1.165, 1.54) is 0 Å².